The molecule has 1 amide bonds. The van der Waals surface area contributed by atoms with Gasteiger partial charge in [0.05, 0.1) is 22.7 Å². The molecule has 2 aromatic heterocycles. The maximum absolute atomic E-state index is 13.5. The molecule has 7 heteroatoms. The van der Waals surface area contributed by atoms with Crippen LogP contribution >= 0.6 is 11.6 Å². The zero-order valence-corrected chi connectivity index (χ0v) is 18.7. The number of hydrogen-bond acceptors (Lipinski definition) is 3. The van der Waals surface area contributed by atoms with Gasteiger partial charge in [0.1, 0.15) is 11.5 Å². The molecule has 5 nitrogen and oxygen atoms in total. The molecule has 0 spiro atoms. The van der Waals surface area contributed by atoms with Gasteiger partial charge in [-0.3, -0.25) is 4.79 Å². The number of imidazole rings is 1. The third kappa shape index (κ3) is 4.44. The molecule has 1 N–H and O–H groups in total. The van der Waals surface area contributed by atoms with Gasteiger partial charge < -0.3 is 14.3 Å². The van der Waals surface area contributed by atoms with Crippen molar-refractivity contribution in [3.8, 4) is 22.7 Å². The van der Waals surface area contributed by atoms with E-state index in [1.54, 1.807) is 48.5 Å². The molecular formula is C26H23ClFN3O2. The van der Waals surface area contributed by atoms with E-state index in [-0.39, 0.29) is 17.5 Å². The molecule has 1 saturated carbocycles. The number of furan rings is 1. The number of nitrogens with zero attached hydrogens (tertiary/aromatic N) is 2. The van der Waals surface area contributed by atoms with Crippen LogP contribution < -0.4 is 5.32 Å². The number of para-hydroxylation sites is 1. The highest BCUT2D eigenvalue weighted by Crippen LogP contribution is 2.38. The van der Waals surface area contributed by atoms with Gasteiger partial charge >= 0.3 is 0 Å². The monoisotopic (exact) mass is 463 g/mol. The van der Waals surface area contributed by atoms with E-state index in [1.165, 1.54) is 18.6 Å². The van der Waals surface area contributed by atoms with E-state index >= 15 is 0 Å². The molecule has 1 aliphatic rings. The summed E-state index contributed by atoms with van der Waals surface area (Å²) in [5, 5.41) is 3.24. The van der Waals surface area contributed by atoms with Gasteiger partial charge in [-0.2, -0.15) is 0 Å². The number of amides is 1. The second-order valence-electron chi connectivity index (χ2n) is 8.25. The first kappa shape index (κ1) is 21.5. The Bertz CT molecular complexity index is 1270. The molecule has 33 heavy (non-hydrogen) atoms. The van der Waals surface area contributed by atoms with E-state index in [1.807, 2.05) is 6.33 Å². The van der Waals surface area contributed by atoms with Gasteiger partial charge in [-0.25, -0.2) is 9.37 Å². The molecule has 1 fully saturated rings. The fourth-order valence-electron chi connectivity index (χ4n) is 4.39. The Morgan fingerprint density at radius 2 is 1.79 bits per heavy atom. The molecule has 0 aliphatic heterocycles. The van der Waals surface area contributed by atoms with E-state index in [0.717, 1.165) is 36.9 Å². The summed E-state index contributed by atoms with van der Waals surface area (Å²) in [6, 6.07) is 17.0. The van der Waals surface area contributed by atoms with Crippen molar-refractivity contribution >= 4 is 23.2 Å². The first-order valence-electron chi connectivity index (χ1n) is 11.1. The summed E-state index contributed by atoms with van der Waals surface area (Å²) in [5.74, 6) is 0.0260. The van der Waals surface area contributed by atoms with Gasteiger partial charge in [0.25, 0.3) is 5.91 Å². The number of carbonyl (C=O) groups excluding carboxylic acids is 1. The van der Waals surface area contributed by atoms with Crippen LogP contribution in [0.1, 0.15) is 48.7 Å². The van der Waals surface area contributed by atoms with Gasteiger partial charge in [0.2, 0.25) is 0 Å². The fourth-order valence-corrected chi connectivity index (χ4v) is 4.58. The number of nitrogens with one attached hydrogen (secondary N) is 1. The molecule has 2 aromatic carbocycles. The lowest BCUT2D eigenvalue weighted by Gasteiger charge is -2.24. The van der Waals surface area contributed by atoms with Crippen LogP contribution in [0.15, 0.2) is 71.4 Å². The first-order chi connectivity index (χ1) is 16.1. The fraction of sp³-hybridized carbons (Fsp3) is 0.231. The van der Waals surface area contributed by atoms with Crippen molar-refractivity contribution in [2.45, 2.75) is 38.1 Å². The van der Waals surface area contributed by atoms with Crippen molar-refractivity contribution in [1.82, 2.24) is 9.55 Å². The Morgan fingerprint density at radius 3 is 2.55 bits per heavy atom. The third-order valence-electron chi connectivity index (χ3n) is 6.06. The first-order valence-corrected chi connectivity index (χ1v) is 11.5. The smallest absolute Gasteiger partial charge is 0.291 e. The molecule has 0 bridgehead atoms. The Kier molecular flexibility index (Phi) is 6.01. The van der Waals surface area contributed by atoms with Crippen LogP contribution in [0.2, 0.25) is 5.02 Å². The molecular weight excluding hydrogens is 441 g/mol. The minimum Gasteiger partial charge on any atom is -0.449 e. The second-order valence-corrected chi connectivity index (χ2v) is 8.65. The lowest BCUT2D eigenvalue weighted by atomic mass is 9.95. The van der Waals surface area contributed by atoms with E-state index in [0.29, 0.717) is 28.2 Å². The highest BCUT2D eigenvalue weighted by molar-refractivity contribution is 6.33. The van der Waals surface area contributed by atoms with Crippen LogP contribution in [0.4, 0.5) is 10.1 Å². The van der Waals surface area contributed by atoms with Crippen LogP contribution in [0.3, 0.4) is 0 Å². The highest BCUT2D eigenvalue weighted by atomic mass is 35.5. The summed E-state index contributed by atoms with van der Waals surface area (Å²) in [6.45, 7) is 0. The molecule has 0 atom stereocenters. The number of rotatable bonds is 5. The number of aromatic nitrogens is 2. The number of halogens is 2. The average Bonchev–Trinajstić information content (AvgIpc) is 3.49. The van der Waals surface area contributed by atoms with Crippen LogP contribution in [-0.2, 0) is 0 Å². The van der Waals surface area contributed by atoms with Crippen LogP contribution in [0.25, 0.3) is 22.7 Å². The minimum atomic E-state index is -0.388. The topological polar surface area (TPSA) is 60.1 Å². The third-order valence-corrected chi connectivity index (χ3v) is 6.39. The molecule has 0 unspecified atom stereocenters. The average molecular weight is 464 g/mol. The summed E-state index contributed by atoms with van der Waals surface area (Å²) < 4.78 is 21.7. The van der Waals surface area contributed by atoms with Crippen LogP contribution in [0, 0.1) is 5.82 Å². The van der Waals surface area contributed by atoms with Gasteiger partial charge in [-0.15, -0.1) is 0 Å². The normalized spacial score (nSPS) is 14.4. The van der Waals surface area contributed by atoms with E-state index in [2.05, 4.69) is 14.9 Å². The van der Waals surface area contributed by atoms with E-state index in [4.69, 9.17) is 16.0 Å². The maximum atomic E-state index is 13.5. The van der Waals surface area contributed by atoms with Gasteiger partial charge in [-0.05, 0) is 61.4 Å². The Hall–Kier alpha value is -3.38. The SMILES string of the molecule is O=C(Nc1ccccc1Cl)c1ccc(-c2c(-c3ccc(F)cc3)ncn2C2CCCCC2)o1. The zero-order valence-electron chi connectivity index (χ0n) is 17.9. The summed E-state index contributed by atoms with van der Waals surface area (Å²) in [7, 11) is 0. The molecule has 1 aliphatic carbocycles. The molecule has 168 valence electrons. The Morgan fingerprint density at radius 1 is 1.03 bits per heavy atom. The van der Waals surface area contributed by atoms with Crippen molar-refractivity contribution in [2.75, 3.05) is 5.32 Å². The molecule has 4 aromatic rings. The van der Waals surface area contributed by atoms with Gasteiger partial charge in [0.15, 0.2) is 11.5 Å². The predicted molar refractivity (Wildman–Crippen MR) is 127 cm³/mol. The number of benzene rings is 2. The second kappa shape index (κ2) is 9.24. The highest BCUT2D eigenvalue weighted by Gasteiger charge is 2.25. The zero-order chi connectivity index (χ0) is 22.8. The largest absolute Gasteiger partial charge is 0.449 e. The van der Waals surface area contributed by atoms with Crippen molar-refractivity contribution in [3.63, 3.8) is 0 Å². The van der Waals surface area contributed by atoms with Crippen molar-refractivity contribution in [2.24, 2.45) is 0 Å². The lowest BCUT2D eigenvalue weighted by molar-refractivity contribution is 0.0997. The summed E-state index contributed by atoms with van der Waals surface area (Å²) in [6.07, 6.45) is 7.52. The molecule has 0 radical (unpaired) electrons. The van der Waals surface area contributed by atoms with Crippen LogP contribution in [0.5, 0.6) is 0 Å². The summed E-state index contributed by atoms with van der Waals surface area (Å²) in [5.41, 5.74) is 2.80. The van der Waals surface area contributed by atoms with Gasteiger partial charge in [0, 0.05) is 11.6 Å². The molecule has 2 heterocycles. The summed E-state index contributed by atoms with van der Waals surface area (Å²) in [4.78, 5) is 17.5. The summed E-state index contributed by atoms with van der Waals surface area (Å²) >= 11 is 6.17. The van der Waals surface area contributed by atoms with E-state index in [9.17, 15) is 9.18 Å². The number of anilines is 1. The minimum absolute atomic E-state index is 0.173. The maximum Gasteiger partial charge on any atom is 0.291 e. The van der Waals surface area contributed by atoms with Crippen molar-refractivity contribution in [3.05, 3.63) is 83.6 Å². The van der Waals surface area contributed by atoms with Crippen molar-refractivity contribution in [1.29, 1.82) is 0 Å². The van der Waals surface area contributed by atoms with Crippen LogP contribution in [-0.4, -0.2) is 15.5 Å². The molecule has 0 saturated heterocycles. The van der Waals surface area contributed by atoms with Crippen molar-refractivity contribution < 1.29 is 13.6 Å². The Labute approximate surface area is 196 Å². The quantitative estimate of drug-likeness (QED) is 0.336. The molecule has 5 rings (SSSR count). The van der Waals surface area contributed by atoms with Gasteiger partial charge in [-0.1, -0.05) is 43.0 Å². The predicted octanol–water partition coefficient (Wildman–Crippen LogP) is 7.36. The number of carbonyl (C=O) groups is 1. The number of hydrogen-bond donors (Lipinski definition) is 1. The lowest BCUT2D eigenvalue weighted by Crippen LogP contribution is -2.13. The Balaban J connectivity index is 1.52. The van der Waals surface area contributed by atoms with E-state index < -0.39 is 0 Å². The standard InChI is InChI=1S/C26H23ClFN3O2/c27-20-8-4-5-9-21(20)30-26(32)23-15-14-22(33-23)25-24(17-10-12-18(28)13-11-17)29-16-31(25)19-6-2-1-3-7-19/h4-5,8-16,19H,1-3,6-7H2,(H,30,32).